The zero-order chi connectivity index (χ0) is 16.6. The van der Waals surface area contributed by atoms with Crippen molar-refractivity contribution in [2.45, 2.75) is 39.0 Å². The lowest BCUT2D eigenvalue weighted by Gasteiger charge is -2.51. The summed E-state index contributed by atoms with van der Waals surface area (Å²) in [4.78, 5) is 0. The predicted octanol–water partition coefficient (Wildman–Crippen LogP) is 2.32. The van der Waals surface area contributed by atoms with Crippen molar-refractivity contribution in [2.75, 3.05) is 5.32 Å². The molecule has 1 aliphatic carbocycles. The Balaban J connectivity index is 1.37. The molecule has 0 aliphatic heterocycles. The molecule has 2 heterocycles. The standard InChI is InChI=1S/C17H20N6O/c1-17(2)13(10-14(17)24-11-12-6-4-3-5-7-12)18-15-8-9-16-19-21-22-23(16)20-15/h3-9,13-14H,10-11H2,1-2H3,(H,18,20)/t13-,14-/m1/s1. The molecule has 0 spiro atoms. The fourth-order valence-electron chi connectivity index (χ4n) is 3.09. The second-order valence-electron chi connectivity index (χ2n) is 6.78. The van der Waals surface area contributed by atoms with Gasteiger partial charge in [-0.15, -0.1) is 14.8 Å². The van der Waals surface area contributed by atoms with Crippen LogP contribution in [0.4, 0.5) is 5.82 Å². The number of aromatic nitrogens is 5. The van der Waals surface area contributed by atoms with Gasteiger partial charge < -0.3 is 10.1 Å². The first kappa shape index (κ1) is 15.0. The average molecular weight is 324 g/mol. The summed E-state index contributed by atoms with van der Waals surface area (Å²) in [5.41, 5.74) is 1.87. The second-order valence-corrected chi connectivity index (χ2v) is 6.78. The van der Waals surface area contributed by atoms with Crippen LogP contribution in [0, 0.1) is 5.41 Å². The Morgan fingerprint density at radius 2 is 2.04 bits per heavy atom. The highest BCUT2D eigenvalue weighted by molar-refractivity contribution is 5.43. The predicted molar refractivity (Wildman–Crippen MR) is 89.4 cm³/mol. The number of fused-ring (bicyclic) bond motifs is 1. The number of nitrogens with zero attached hydrogens (tertiary/aromatic N) is 5. The Kier molecular flexibility index (Phi) is 3.65. The van der Waals surface area contributed by atoms with Gasteiger partial charge in [-0.25, -0.2) is 0 Å². The molecule has 2 aromatic heterocycles. The first-order chi connectivity index (χ1) is 11.6. The molecule has 7 nitrogen and oxygen atoms in total. The number of rotatable bonds is 5. The summed E-state index contributed by atoms with van der Waals surface area (Å²) in [7, 11) is 0. The molecular weight excluding hydrogens is 304 g/mol. The van der Waals surface area contributed by atoms with E-state index < -0.39 is 0 Å². The fourth-order valence-corrected chi connectivity index (χ4v) is 3.09. The first-order valence-electron chi connectivity index (χ1n) is 8.10. The number of ether oxygens (including phenoxy) is 1. The summed E-state index contributed by atoms with van der Waals surface area (Å²) in [6, 6.07) is 14.3. The summed E-state index contributed by atoms with van der Waals surface area (Å²) < 4.78 is 7.54. The van der Waals surface area contributed by atoms with Crippen molar-refractivity contribution in [3.05, 3.63) is 48.0 Å². The monoisotopic (exact) mass is 324 g/mol. The Morgan fingerprint density at radius 1 is 1.21 bits per heavy atom. The highest BCUT2D eigenvalue weighted by Crippen LogP contribution is 2.44. The molecule has 1 aliphatic rings. The maximum atomic E-state index is 6.11. The maximum absolute atomic E-state index is 6.11. The van der Waals surface area contributed by atoms with Gasteiger partial charge in [-0.1, -0.05) is 44.2 Å². The van der Waals surface area contributed by atoms with Gasteiger partial charge in [0, 0.05) is 11.5 Å². The molecule has 1 fully saturated rings. The van der Waals surface area contributed by atoms with Gasteiger partial charge in [-0.05, 0) is 34.5 Å². The lowest BCUT2D eigenvalue weighted by molar-refractivity contribution is -0.109. The molecule has 0 bridgehead atoms. The van der Waals surface area contributed by atoms with Crippen molar-refractivity contribution in [2.24, 2.45) is 5.41 Å². The van der Waals surface area contributed by atoms with Gasteiger partial charge in [0.15, 0.2) is 5.65 Å². The molecule has 2 atom stereocenters. The molecule has 7 heteroatoms. The molecule has 124 valence electrons. The van der Waals surface area contributed by atoms with Crippen molar-refractivity contribution in [3.8, 4) is 0 Å². The van der Waals surface area contributed by atoms with E-state index in [9.17, 15) is 0 Å². The van der Waals surface area contributed by atoms with E-state index in [2.05, 4.69) is 51.9 Å². The van der Waals surface area contributed by atoms with Crippen molar-refractivity contribution < 1.29 is 4.74 Å². The summed E-state index contributed by atoms with van der Waals surface area (Å²) >= 11 is 0. The molecule has 24 heavy (non-hydrogen) atoms. The van der Waals surface area contributed by atoms with Crippen LogP contribution in [0.5, 0.6) is 0 Å². The van der Waals surface area contributed by atoms with E-state index in [-0.39, 0.29) is 11.5 Å². The van der Waals surface area contributed by atoms with Crippen LogP contribution in [0.15, 0.2) is 42.5 Å². The number of hydrogen-bond acceptors (Lipinski definition) is 6. The molecule has 1 N–H and O–H groups in total. The normalized spacial score (nSPS) is 22.2. The number of benzene rings is 1. The van der Waals surface area contributed by atoms with E-state index in [1.54, 1.807) is 0 Å². The average Bonchev–Trinajstić information content (AvgIpc) is 3.06. The van der Waals surface area contributed by atoms with Crippen LogP contribution in [0.3, 0.4) is 0 Å². The van der Waals surface area contributed by atoms with Crippen LogP contribution in [0.25, 0.3) is 5.65 Å². The largest absolute Gasteiger partial charge is 0.373 e. The highest BCUT2D eigenvalue weighted by atomic mass is 16.5. The number of anilines is 1. The minimum Gasteiger partial charge on any atom is -0.373 e. The van der Waals surface area contributed by atoms with Gasteiger partial charge in [0.2, 0.25) is 0 Å². The van der Waals surface area contributed by atoms with E-state index in [1.165, 1.54) is 10.2 Å². The molecular formula is C17H20N6O. The molecule has 0 amide bonds. The third-order valence-corrected chi connectivity index (χ3v) is 4.86. The van der Waals surface area contributed by atoms with Crippen LogP contribution in [-0.2, 0) is 11.3 Å². The Bertz CT molecular complexity index is 831. The number of hydrogen-bond donors (Lipinski definition) is 1. The third kappa shape index (κ3) is 2.71. The highest BCUT2D eigenvalue weighted by Gasteiger charge is 2.49. The molecule has 0 saturated heterocycles. The van der Waals surface area contributed by atoms with Crippen molar-refractivity contribution in [3.63, 3.8) is 0 Å². The summed E-state index contributed by atoms with van der Waals surface area (Å²) in [6.07, 6.45) is 1.18. The zero-order valence-electron chi connectivity index (χ0n) is 13.8. The van der Waals surface area contributed by atoms with Crippen LogP contribution in [0.1, 0.15) is 25.8 Å². The van der Waals surface area contributed by atoms with E-state index >= 15 is 0 Å². The Labute approximate surface area is 140 Å². The lowest BCUT2D eigenvalue weighted by Crippen LogP contribution is -2.58. The fraction of sp³-hybridized carbons (Fsp3) is 0.412. The van der Waals surface area contributed by atoms with E-state index in [4.69, 9.17) is 4.74 Å². The molecule has 1 saturated carbocycles. The van der Waals surface area contributed by atoms with E-state index in [1.807, 2.05) is 30.3 Å². The van der Waals surface area contributed by atoms with Crippen LogP contribution < -0.4 is 5.32 Å². The van der Waals surface area contributed by atoms with Crippen LogP contribution in [0.2, 0.25) is 0 Å². The molecule has 1 aromatic carbocycles. The van der Waals surface area contributed by atoms with Gasteiger partial charge in [-0.2, -0.15) is 0 Å². The number of tetrazole rings is 1. The summed E-state index contributed by atoms with van der Waals surface area (Å²) in [5.74, 6) is 0.773. The quantitative estimate of drug-likeness (QED) is 0.776. The van der Waals surface area contributed by atoms with Gasteiger partial charge in [0.25, 0.3) is 0 Å². The topological polar surface area (TPSA) is 77.2 Å². The molecule has 3 aromatic rings. The number of nitrogens with one attached hydrogen (secondary N) is 1. The smallest absolute Gasteiger partial charge is 0.200 e. The molecule has 0 radical (unpaired) electrons. The summed E-state index contributed by atoms with van der Waals surface area (Å²) in [6.45, 7) is 5.09. The summed E-state index contributed by atoms with van der Waals surface area (Å²) in [5, 5.41) is 19.1. The third-order valence-electron chi connectivity index (χ3n) is 4.86. The zero-order valence-corrected chi connectivity index (χ0v) is 13.8. The minimum atomic E-state index is 0.0338. The van der Waals surface area contributed by atoms with Crippen LogP contribution in [-0.4, -0.2) is 37.4 Å². The van der Waals surface area contributed by atoms with E-state index in [0.717, 1.165) is 12.2 Å². The van der Waals surface area contributed by atoms with Crippen LogP contribution >= 0.6 is 0 Å². The molecule has 0 unspecified atom stereocenters. The van der Waals surface area contributed by atoms with Gasteiger partial charge in [0.1, 0.15) is 5.82 Å². The first-order valence-corrected chi connectivity index (χ1v) is 8.10. The van der Waals surface area contributed by atoms with Crippen molar-refractivity contribution in [1.82, 2.24) is 25.3 Å². The second kappa shape index (κ2) is 5.83. The Hall–Kier alpha value is -2.54. The SMILES string of the molecule is CC1(C)[C@H](Nc2ccc3nnnn3n2)C[C@H]1OCc1ccccc1. The maximum Gasteiger partial charge on any atom is 0.200 e. The molecule has 4 rings (SSSR count). The van der Waals surface area contributed by atoms with Gasteiger partial charge in [0.05, 0.1) is 12.7 Å². The van der Waals surface area contributed by atoms with Crippen molar-refractivity contribution in [1.29, 1.82) is 0 Å². The lowest BCUT2D eigenvalue weighted by atomic mass is 9.64. The Morgan fingerprint density at radius 3 is 2.83 bits per heavy atom. The van der Waals surface area contributed by atoms with Gasteiger partial charge >= 0.3 is 0 Å². The minimum absolute atomic E-state index is 0.0338. The van der Waals surface area contributed by atoms with E-state index in [0.29, 0.717) is 18.3 Å². The van der Waals surface area contributed by atoms with Gasteiger partial charge in [-0.3, -0.25) is 0 Å². The van der Waals surface area contributed by atoms with Crippen molar-refractivity contribution >= 4 is 11.5 Å².